The maximum Gasteiger partial charge on any atom is 0.331 e. The highest BCUT2D eigenvalue weighted by Gasteiger charge is 2.33. The third-order valence-electron chi connectivity index (χ3n) is 5.64. The minimum Gasteiger partial charge on any atom is -0.448 e. The van der Waals surface area contributed by atoms with Crippen molar-refractivity contribution in [3.8, 4) is 11.3 Å². The number of hydrogen-bond donors (Lipinski definition) is 1. The molecule has 0 amide bonds. The van der Waals surface area contributed by atoms with Gasteiger partial charge >= 0.3 is 5.69 Å². The number of hydrogen-bond acceptors (Lipinski definition) is 4. The summed E-state index contributed by atoms with van der Waals surface area (Å²) in [6.45, 7) is 1.27. The Kier molecular flexibility index (Phi) is 4.43. The van der Waals surface area contributed by atoms with Gasteiger partial charge in [0.2, 0.25) is 0 Å². The molecule has 0 radical (unpaired) electrons. The van der Waals surface area contributed by atoms with Crippen LogP contribution < -0.4 is 16.6 Å². The van der Waals surface area contributed by atoms with Crippen LogP contribution in [0, 0.1) is 0 Å². The van der Waals surface area contributed by atoms with Crippen molar-refractivity contribution >= 4 is 34.1 Å². The first-order valence-corrected chi connectivity index (χ1v) is 10.2. The molecule has 4 heterocycles. The van der Waals surface area contributed by atoms with E-state index in [0.29, 0.717) is 34.8 Å². The van der Waals surface area contributed by atoms with Gasteiger partial charge in [-0.1, -0.05) is 23.7 Å². The highest BCUT2D eigenvalue weighted by atomic mass is 35.5. The average Bonchev–Trinajstić information content (AvgIpc) is 3.32. The lowest BCUT2D eigenvalue weighted by atomic mass is 10.1. The molecule has 1 unspecified atom stereocenters. The largest absolute Gasteiger partial charge is 0.448 e. The molecule has 7 nitrogen and oxygen atoms in total. The zero-order chi connectivity index (χ0) is 21.2. The molecule has 4 aromatic rings. The molecule has 1 N–H and O–H groups in total. The highest BCUT2D eigenvalue weighted by molar-refractivity contribution is 6.31. The number of nitrogens with one attached hydrogen (secondary N) is 1. The van der Waals surface area contributed by atoms with Gasteiger partial charge < -0.3 is 14.3 Å². The summed E-state index contributed by atoms with van der Waals surface area (Å²) in [5.41, 5.74) is 2.18. The van der Waals surface area contributed by atoms with Gasteiger partial charge in [-0.3, -0.25) is 13.9 Å². The summed E-state index contributed by atoms with van der Waals surface area (Å²) in [6.07, 6.45) is 0. The Morgan fingerprint density at radius 1 is 1.10 bits per heavy atom. The molecule has 0 saturated heterocycles. The maximum atomic E-state index is 13.3. The summed E-state index contributed by atoms with van der Waals surface area (Å²) in [6, 6.07) is 10.5. The lowest BCUT2D eigenvalue weighted by Gasteiger charge is -2.27. The summed E-state index contributed by atoms with van der Waals surface area (Å²) in [4.78, 5) is 26.1. The first-order chi connectivity index (χ1) is 14.4. The van der Waals surface area contributed by atoms with Crippen LogP contribution in [0.2, 0.25) is 10.2 Å². The zero-order valence-corrected chi connectivity index (χ0v) is 17.8. The lowest BCUT2D eigenvalue weighted by Crippen LogP contribution is -2.38. The topological polar surface area (TPSA) is 74.1 Å². The van der Waals surface area contributed by atoms with Crippen LogP contribution in [0.1, 0.15) is 17.5 Å². The van der Waals surface area contributed by atoms with E-state index in [1.165, 1.54) is 11.6 Å². The normalized spacial score (nSPS) is 16.2. The van der Waals surface area contributed by atoms with Gasteiger partial charge in [0.25, 0.3) is 5.56 Å². The zero-order valence-electron chi connectivity index (χ0n) is 16.3. The molecule has 3 aromatic heterocycles. The predicted molar refractivity (Wildman–Crippen MR) is 116 cm³/mol. The van der Waals surface area contributed by atoms with Gasteiger partial charge in [0, 0.05) is 37.8 Å². The maximum absolute atomic E-state index is 13.3. The molecule has 9 heteroatoms. The van der Waals surface area contributed by atoms with Gasteiger partial charge in [-0.05, 0) is 35.9 Å². The van der Waals surface area contributed by atoms with Crippen LogP contribution in [0.3, 0.4) is 0 Å². The molecule has 0 saturated carbocycles. The minimum absolute atomic E-state index is 0.277. The van der Waals surface area contributed by atoms with Gasteiger partial charge in [0.05, 0.1) is 22.3 Å². The second kappa shape index (κ2) is 6.91. The van der Waals surface area contributed by atoms with Gasteiger partial charge in [0.1, 0.15) is 11.8 Å². The van der Waals surface area contributed by atoms with Crippen molar-refractivity contribution < 1.29 is 4.42 Å². The van der Waals surface area contributed by atoms with Crippen LogP contribution in [-0.4, -0.2) is 20.2 Å². The second-order valence-electron chi connectivity index (χ2n) is 7.35. The van der Waals surface area contributed by atoms with E-state index in [-0.39, 0.29) is 22.5 Å². The van der Waals surface area contributed by atoms with Crippen LogP contribution in [0.4, 0.5) is 0 Å². The Labute approximate surface area is 181 Å². The Hall–Kier alpha value is -2.74. The monoisotopic (exact) mass is 444 g/mol. The number of benzene rings is 1. The number of rotatable bonds is 2. The van der Waals surface area contributed by atoms with Crippen molar-refractivity contribution in [2.45, 2.75) is 12.6 Å². The first-order valence-electron chi connectivity index (χ1n) is 9.45. The predicted octanol–water partition coefficient (Wildman–Crippen LogP) is 3.30. The minimum atomic E-state index is -0.389. The summed E-state index contributed by atoms with van der Waals surface area (Å²) < 4.78 is 10.4. The van der Waals surface area contributed by atoms with E-state index in [1.54, 1.807) is 25.2 Å². The van der Waals surface area contributed by atoms with Crippen molar-refractivity contribution in [3.63, 3.8) is 0 Å². The number of fused-ring (bicyclic) bond motifs is 3. The fraction of sp³-hybridized carbons (Fsp3) is 0.238. The van der Waals surface area contributed by atoms with Crippen molar-refractivity contribution in [2.75, 3.05) is 6.54 Å². The van der Waals surface area contributed by atoms with E-state index in [9.17, 15) is 9.59 Å². The van der Waals surface area contributed by atoms with Crippen LogP contribution in [0.5, 0.6) is 0 Å². The fourth-order valence-electron chi connectivity index (χ4n) is 4.34. The smallest absolute Gasteiger partial charge is 0.331 e. The van der Waals surface area contributed by atoms with Crippen molar-refractivity contribution in [3.05, 3.63) is 78.9 Å². The van der Waals surface area contributed by atoms with Crippen LogP contribution >= 0.6 is 23.2 Å². The molecule has 0 spiro atoms. The Balaban J connectivity index is 1.97. The summed E-state index contributed by atoms with van der Waals surface area (Å²) >= 11 is 12.3. The number of furan rings is 1. The molecule has 30 heavy (non-hydrogen) atoms. The van der Waals surface area contributed by atoms with Crippen molar-refractivity contribution in [1.29, 1.82) is 0 Å². The number of aromatic nitrogens is 3. The van der Waals surface area contributed by atoms with E-state index >= 15 is 0 Å². The van der Waals surface area contributed by atoms with Crippen LogP contribution in [0.25, 0.3) is 22.2 Å². The molecule has 154 valence electrons. The molecule has 0 aliphatic carbocycles. The van der Waals surface area contributed by atoms with Crippen molar-refractivity contribution in [2.24, 2.45) is 14.1 Å². The van der Waals surface area contributed by atoms with E-state index in [4.69, 9.17) is 27.6 Å². The van der Waals surface area contributed by atoms with Crippen LogP contribution in [-0.2, 0) is 20.6 Å². The Morgan fingerprint density at radius 3 is 2.60 bits per heavy atom. The lowest BCUT2D eigenvalue weighted by molar-refractivity contribution is 0.399. The number of halogens is 2. The van der Waals surface area contributed by atoms with Crippen molar-refractivity contribution in [1.82, 2.24) is 19.0 Å². The average molecular weight is 445 g/mol. The van der Waals surface area contributed by atoms with Crippen LogP contribution in [0.15, 0.2) is 50.4 Å². The quantitative estimate of drug-likeness (QED) is 0.514. The standard InChI is InChI=1S/C21H18Cl2N4O3/c1-25-18-15(20(28)26(2)21(25)29)17(11-4-3-5-12(22)10-11)27-9-8-24-16(19(18)27)13-6-7-14(23)30-13/h3-7,10,16,24H,8-9H2,1-2H3. The van der Waals surface area contributed by atoms with Gasteiger partial charge in [0.15, 0.2) is 5.22 Å². The summed E-state index contributed by atoms with van der Waals surface area (Å²) in [5, 5.41) is 4.75. The Morgan fingerprint density at radius 2 is 1.90 bits per heavy atom. The number of aryl methyl sites for hydroxylation is 1. The summed E-state index contributed by atoms with van der Waals surface area (Å²) in [5.74, 6) is 0.617. The molecule has 1 aliphatic rings. The molecule has 0 bridgehead atoms. The third-order valence-corrected chi connectivity index (χ3v) is 6.08. The first kappa shape index (κ1) is 19.2. The molecule has 1 atom stereocenters. The highest BCUT2D eigenvalue weighted by Crippen LogP contribution is 2.39. The van der Waals surface area contributed by atoms with Gasteiger partial charge in [-0.15, -0.1) is 0 Å². The molecular weight excluding hydrogens is 427 g/mol. The molecule has 1 aromatic carbocycles. The van der Waals surface area contributed by atoms with E-state index in [0.717, 1.165) is 21.5 Å². The van der Waals surface area contributed by atoms with Gasteiger partial charge in [-0.2, -0.15) is 0 Å². The SMILES string of the molecule is Cn1c(=O)c2c(-c3cccc(Cl)c3)n3c(c2n(C)c1=O)C(c1ccc(Cl)o1)NCC3. The molecule has 5 rings (SSSR count). The molecule has 0 fully saturated rings. The number of nitrogens with zero attached hydrogens (tertiary/aromatic N) is 3. The van der Waals surface area contributed by atoms with E-state index in [2.05, 4.69) is 9.88 Å². The van der Waals surface area contributed by atoms with E-state index < -0.39 is 0 Å². The second-order valence-corrected chi connectivity index (χ2v) is 8.16. The Bertz CT molecular complexity index is 1430. The molecule has 1 aliphatic heterocycles. The fourth-order valence-corrected chi connectivity index (χ4v) is 4.68. The van der Waals surface area contributed by atoms with E-state index in [1.807, 2.05) is 18.2 Å². The van der Waals surface area contributed by atoms with Gasteiger partial charge in [-0.25, -0.2) is 4.79 Å². The summed E-state index contributed by atoms with van der Waals surface area (Å²) in [7, 11) is 3.16. The third kappa shape index (κ3) is 2.70. The molecular formula is C21H18Cl2N4O3.